The number of carboxylic acid groups (broad SMARTS) is 1. The lowest BCUT2D eigenvalue weighted by molar-refractivity contribution is -0.179. The minimum absolute atomic E-state index is 0.0239. The van der Waals surface area contributed by atoms with Gasteiger partial charge in [-0.1, -0.05) is 6.08 Å². The molecule has 126 valence electrons. The molecule has 4 rings (SSSR count). The fourth-order valence-electron chi connectivity index (χ4n) is 3.86. The van der Waals surface area contributed by atoms with E-state index in [1.165, 1.54) is 17.9 Å². The maximum atomic E-state index is 13.1. The van der Waals surface area contributed by atoms with E-state index in [2.05, 4.69) is 0 Å². The van der Waals surface area contributed by atoms with Crippen LogP contribution in [0.25, 0.3) is 0 Å². The molecule has 1 aromatic rings. The zero-order valence-corrected chi connectivity index (χ0v) is 13.2. The number of carboxylic acids is 1. The Labute approximate surface area is 136 Å². The van der Waals surface area contributed by atoms with Crippen molar-refractivity contribution in [3.8, 4) is 5.75 Å². The summed E-state index contributed by atoms with van der Waals surface area (Å²) in [6.45, 7) is 2.02. The second kappa shape index (κ2) is 4.70. The normalized spacial score (nSPS) is 27.4. The number of rotatable bonds is 2. The molecule has 3 heterocycles. The third-order valence-corrected chi connectivity index (χ3v) is 4.78. The van der Waals surface area contributed by atoms with Gasteiger partial charge in [0.05, 0.1) is 19.8 Å². The molecule has 24 heavy (non-hydrogen) atoms. The van der Waals surface area contributed by atoms with Gasteiger partial charge in [-0.15, -0.1) is 0 Å². The number of ether oxygens (including phenoxy) is 2. The number of amides is 1. The van der Waals surface area contributed by atoms with E-state index in [9.17, 15) is 19.5 Å². The lowest BCUT2D eigenvalue weighted by Crippen LogP contribution is -2.61. The number of aromatic nitrogens is 1. The molecule has 1 saturated heterocycles. The minimum atomic E-state index is -1.36. The molecule has 1 amide bonds. The maximum absolute atomic E-state index is 13.1. The average molecular weight is 332 g/mol. The second-order valence-electron chi connectivity index (χ2n) is 6.38. The molecular formula is C16H16N2O6. The maximum Gasteiger partial charge on any atom is 0.341 e. The Morgan fingerprint density at radius 3 is 2.88 bits per heavy atom. The first-order valence-electron chi connectivity index (χ1n) is 7.62. The number of carbonyl (C=O) groups excluding carboxylic acids is 1. The standard InChI is InChI=1S/C16H16N2O6/c1-16-7-17-6-10(15(21)22)12(19)13(23-2)11(17)14(20)18(16)8-3-4-9(5-8)24-16/h3,6,9H,4-5,7H2,1-2H3,(H,21,22)/t9-,16-/m1/s1. The zero-order valence-electron chi connectivity index (χ0n) is 13.2. The predicted molar refractivity (Wildman–Crippen MR) is 81.0 cm³/mol. The Morgan fingerprint density at radius 1 is 1.46 bits per heavy atom. The number of fused-ring (bicyclic) bond motifs is 5. The molecule has 0 unspecified atom stereocenters. The monoisotopic (exact) mass is 332 g/mol. The number of hydrogen-bond acceptors (Lipinski definition) is 5. The van der Waals surface area contributed by atoms with Gasteiger partial charge < -0.3 is 19.1 Å². The van der Waals surface area contributed by atoms with Crippen LogP contribution in [-0.4, -0.2) is 45.4 Å². The minimum Gasteiger partial charge on any atom is -0.491 e. The van der Waals surface area contributed by atoms with Crippen LogP contribution in [0.1, 0.15) is 40.6 Å². The van der Waals surface area contributed by atoms with Crippen LogP contribution < -0.4 is 10.2 Å². The van der Waals surface area contributed by atoms with E-state index in [4.69, 9.17) is 9.47 Å². The van der Waals surface area contributed by atoms with Gasteiger partial charge in [0.1, 0.15) is 5.56 Å². The van der Waals surface area contributed by atoms with E-state index < -0.39 is 28.6 Å². The summed E-state index contributed by atoms with van der Waals surface area (Å²) in [7, 11) is 1.25. The molecular weight excluding hydrogens is 316 g/mol. The van der Waals surface area contributed by atoms with E-state index >= 15 is 0 Å². The van der Waals surface area contributed by atoms with Crippen LogP contribution in [0, 0.1) is 0 Å². The SMILES string of the molecule is COc1c2n(cc(C(=O)O)c1=O)C[C@@]1(C)O[C@@H]3CC=C(C3)N1C2=O. The second-order valence-corrected chi connectivity index (χ2v) is 6.38. The van der Waals surface area contributed by atoms with E-state index in [-0.39, 0.29) is 24.1 Å². The largest absolute Gasteiger partial charge is 0.491 e. The van der Waals surface area contributed by atoms with Crippen LogP contribution in [0.15, 0.2) is 22.8 Å². The fraction of sp³-hybridized carbons (Fsp3) is 0.438. The van der Waals surface area contributed by atoms with Gasteiger partial charge in [0.25, 0.3) is 5.91 Å². The lowest BCUT2D eigenvalue weighted by Gasteiger charge is -2.49. The van der Waals surface area contributed by atoms with Gasteiger partial charge in [0.15, 0.2) is 17.2 Å². The number of nitrogens with zero attached hydrogens (tertiary/aromatic N) is 2. The summed E-state index contributed by atoms with van der Waals surface area (Å²) in [5.74, 6) is -2.02. The van der Waals surface area contributed by atoms with Gasteiger partial charge in [0.2, 0.25) is 5.43 Å². The molecule has 0 radical (unpaired) electrons. The molecule has 2 atom stereocenters. The first-order valence-corrected chi connectivity index (χ1v) is 7.62. The summed E-state index contributed by atoms with van der Waals surface area (Å²) in [6, 6.07) is 0. The molecule has 2 aliphatic heterocycles. The Kier molecular flexibility index (Phi) is 2.93. The van der Waals surface area contributed by atoms with E-state index in [0.717, 1.165) is 12.1 Å². The van der Waals surface area contributed by atoms with Gasteiger partial charge >= 0.3 is 5.97 Å². The summed E-state index contributed by atoms with van der Waals surface area (Å²) in [4.78, 5) is 38.3. The van der Waals surface area contributed by atoms with Gasteiger partial charge in [-0.05, 0) is 13.3 Å². The molecule has 1 fully saturated rings. The molecule has 0 spiro atoms. The fourth-order valence-corrected chi connectivity index (χ4v) is 3.86. The van der Waals surface area contributed by atoms with Gasteiger partial charge in [-0.3, -0.25) is 14.5 Å². The smallest absolute Gasteiger partial charge is 0.341 e. The first-order chi connectivity index (χ1) is 11.4. The number of methoxy groups -OCH3 is 1. The van der Waals surface area contributed by atoms with Crippen LogP contribution >= 0.6 is 0 Å². The lowest BCUT2D eigenvalue weighted by atomic mass is 10.0. The highest BCUT2D eigenvalue weighted by molar-refractivity contribution is 5.99. The summed E-state index contributed by atoms with van der Waals surface area (Å²) in [5.41, 5.74) is -1.21. The Balaban J connectivity index is 1.96. The van der Waals surface area contributed by atoms with Crippen molar-refractivity contribution in [2.24, 2.45) is 0 Å². The van der Waals surface area contributed by atoms with Crippen molar-refractivity contribution in [3.05, 3.63) is 39.5 Å². The van der Waals surface area contributed by atoms with Crippen molar-refractivity contribution in [1.82, 2.24) is 9.47 Å². The summed E-state index contributed by atoms with van der Waals surface area (Å²) in [5, 5.41) is 9.24. The number of pyridine rings is 1. The number of carbonyl (C=O) groups is 2. The van der Waals surface area contributed by atoms with E-state index in [1.54, 1.807) is 11.8 Å². The third-order valence-electron chi connectivity index (χ3n) is 4.78. The molecule has 2 bridgehead atoms. The van der Waals surface area contributed by atoms with Crippen molar-refractivity contribution in [2.75, 3.05) is 7.11 Å². The highest BCUT2D eigenvalue weighted by Crippen LogP contribution is 2.43. The summed E-state index contributed by atoms with van der Waals surface area (Å²) >= 11 is 0. The molecule has 1 aliphatic carbocycles. The van der Waals surface area contributed by atoms with Crippen LogP contribution in [0.4, 0.5) is 0 Å². The highest BCUT2D eigenvalue weighted by atomic mass is 16.5. The Morgan fingerprint density at radius 2 is 2.21 bits per heavy atom. The molecule has 8 heteroatoms. The molecule has 3 aliphatic rings. The predicted octanol–water partition coefficient (Wildman–Crippen LogP) is 0.804. The van der Waals surface area contributed by atoms with E-state index in [0.29, 0.717) is 6.42 Å². The molecule has 1 aromatic heterocycles. The quantitative estimate of drug-likeness (QED) is 0.860. The van der Waals surface area contributed by atoms with Crippen molar-refractivity contribution in [1.29, 1.82) is 0 Å². The average Bonchev–Trinajstić information content (AvgIpc) is 2.89. The number of hydrogen-bond donors (Lipinski definition) is 1. The Bertz CT molecular complexity index is 870. The third kappa shape index (κ3) is 1.80. The summed E-state index contributed by atoms with van der Waals surface area (Å²) in [6.07, 6.45) is 4.58. The van der Waals surface area contributed by atoms with Gasteiger partial charge in [0, 0.05) is 18.3 Å². The van der Waals surface area contributed by atoms with Crippen molar-refractivity contribution >= 4 is 11.9 Å². The Hall–Kier alpha value is -2.61. The van der Waals surface area contributed by atoms with Gasteiger partial charge in [-0.2, -0.15) is 0 Å². The number of aromatic carboxylic acids is 1. The van der Waals surface area contributed by atoms with Crippen molar-refractivity contribution in [3.63, 3.8) is 0 Å². The van der Waals surface area contributed by atoms with Crippen molar-refractivity contribution < 1.29 is 24.2 Å². The van der Waals surface area contributed by atoms with Crippen molar-refractivity contribution in [2.45, 2.75) is 38.1 Å². The zero-order chi connectivity index (χ0) is 17.2. The molecule has 0 saturated carbocycles. The van der Waals surface area contributed by atoms with Crippen LogP contribution in [-0.2, 0) is 11.3 Å². The van der Waals surface area contributed by atoms with Crippen LogP contribution in [0.3, 0.4) is 0 Å². The first kappa shape index (κ1) is 14.9. The topological polar surface area (TPSA) is 98.1 Å². The molecule has 0 aromatic carbocycles. The molecule has 1 N–H and O–H groups in total. The van der Waals surface area contributed by atoms with Crippen LogP contribution in [0.5, 0.6) is 5.75 Å². The highest BCUT2D eigenvalue weighted by Gasteiger charge is 2.51. The van der Waals surface area contributed by atoms with Gasteiger partial charge in [-0.25, -0.2) is 4.79 Å². The van der Waals surface area contributed by atoms with Crippen LogP contribution in [0.2, 0.25) is 0 Å². The van der Waals surface area contributed by atoms with E-state index in [1.807, 2.05) is 6.08 Å². The summed E-state index contributed by atoms with van der Waals surface area (Å²) < 4.78 is 12.6. The molecule has 8 nitrogen and oxygen atoms in total.